The zero-order valence-electron chi connectivity index (χ0n) is 11.1. The van der Waals surface area contributed by atoms with E-state index >= 15 is 0 Å². The molecule has 0 N–H and O–H groups in total. The summed E-state index contributed by atoms with van der Waals surface area (Å²) < 4.78 is 12.2. The normalized spacial score (nSPS) is 20.4. The lowest BCUT2D eigenvalue weighted by Crippen LogP contribution is -2.30. The van der Waals surface area contributed by atoms with Crippen LogP contribution in [0.4, 0.5) is 0 Å². The summed E-state index contributed by atoms with van der Waals surface area (Å²) >= 11 is 3.52. The predicted octanol–water partition coefficient (Wildman–Crippen LogP) is 3.32. The summed E-state index contributed by atoms with van der Waals surface area (Å²) in [7, 11) is 1.67. The second-order valence-corrected chi connectivity index (χ2v) is 5.77. The third-order valence-electron chi connectivity index (χ3n) is 3.34. The second-order valence-electron chi connectivity index (χ2n) is 4.91. The van der Waals surface area contributed by atoms with Gasteiger partial charge in [-0.05, 0) is 54.4 Å². The van der Waals surface area contributed by atoms with Gasteiger partial charge in [0.2, 0.25) is 0 Å². The standard InChI is InChI=1S/C14H20BrNO2/c1-10(2)16-7-6-12(9-16)18-14-5-4-11(17-3)8-13(14)15/h4-5,8,10,12H,6-7,9H2,1-3H3. The lowest BCUT2D eigenvalue weighted by molar-refractivity contribution is 0.186. The van der Waals surface area contributed by atoms with Crippen LogP contribution >= 0.6 is 15.9 Å². The zero-order chi connectivity index (χ0) is 13.1. The third-order valence-corrected chi connectivity index (χ3v) is 3.96. The number of likely N-dealkylation sites (tertiary alicyclic amines) is 1. The summed E-state index contributed by atoms with van der Waals surface area (Å²) in [6.45, 7) is 6.59. The summed E-state index contributed by atoms with van der Waals surface area (Å²) in [5.41, 5.74) is 0. The lowest BCUT2D eigenvalue weighted by atomic mass is 10.3. The monoisotopic (exact) mass is 313 g/mol. The molecular formula is C14H20BrNO2. The molecule has 4 heteroatoms. The van der Waals surface area contributed by atoms with Crippen LogP contribution in [0.15, 0.2) is 22.7 Å². The molecular weight excluding hydrogens is 294 g/mol. The molecule has 1 unspecified atom stereocenters. The van der Waals surface area contributed by atoms with Crippen molar-refractivity contribution in [3.05, 3.63) is 22.7 Å². The van der Waals surface area contributed by atoms with Gasteiger partial charge < -0.3 is 9.47 Å². The molecule has 0 spiro atoms. The fourth-order valence-corrected chi connectivity index (χ4v) is 2.65. The van der Waals surface area contributed by atoms with E-state index in [1.165, 1.54) is 0 Å². The molecule has 1 atom stereocenters. The van der Waals surface area contributed by atoms with Crippen LogP contribution in [0.1, 0.15) is 20.3 Å². The molecule has 1 fully saturated rings. The molecule has 100 valence electrons. The van der Waals surface area contributed by atoms with Crippen LogP contribution in [-0.4, -0.2) is 37.2 Å². The molecule has 1 aliphatic rings. The average molecular weight is 314 g/mol. The molecule has 0 amide bonds. The van der Waals surface area contributed by atoms with Crippen molar-refractivity contribution in [2.45, 2.75) is 32.4 Å². The molecule has 0 bridgehead atoms. The van der Waals surface area contributed by atoms with E-state index in [9.17, 15) is 0 Å². The van der Waals surface area contributed by atoms with Gasteiger partial charge in [0.05, 0.1) is 11.6 Å². The highest BCUT2D eigenvalue weighted by Crippen LogP contribution is 2.31. The van der Waals surface area contributed by atoms with Crippen molar-refractivity contribution in [2.75, 3.05) is 20.2 Å². The quantitative estimate of drug-likeness (QED) is 0.851. The van der Waals surface area contributed by atoms with E-state index in [4.69, 9.17) is 9.47 Å². The Bertz CT molecular complexity index is 409. The van der Waals surface area contributed by atoms with Gasteiger partial charge in [-0.2, -0.15) is 0 Å². The first kappa shape index (κ1) is 13.7. The Morgan fingerprint density at radius 3 is 2.72 bits per heavy atom. The minimum atomic E-state index is 0.289. The van der Waals surface area contributed by atoms with Crippen molar-refractivity contribution in [2.24, 2.45) is 0 Å². The third kappa shape index (κ3) is 3.18. The van der Waals surface area contributed by atoms with E-state index in [0.717, 1.165) is 35.5 Å². The van der Waals surface area contributed by atoms with Crippen LogP contribution in [0, 0.1) is 0 Å². The largest absolute Gasteiger partial charge is 0.497 e. The predicted molar refractivity (Wildman–Crippen MR) is 76.4 cm³/mol. The summed E-state index contributed by atoms with van der Waals surface area (Å²) in [6.07, 6.45) is 1.38. The van der Waals surface area contributed by atoms with Gasteiger partial charge in [0.1, 0.15) is 17.6 Å². The summed E-state index contributed by atoms with van der Waals surface area (Å²) in [5.74, 6) is 1.73. The summed E-state index contributed by atoms with van der Waals surface area (Å²) in [6, 6.07) is 6.42. The van der Waals surface area contributed by atoms with Gasteiger partial charge in [-0.3, -0.25) is 4.90 Å². The molecule has 0 radical (unpaired) electrons. The Morgan fingerprint density at radius 1 is 1.39 bits per heavy atom. The van der Waals surface area contributed by atoms with Crippen molar-refractivity contribution in [3.8, 4) is 11.5 Å². The van der Waals surface area contributed by atoms with Crippen LogP contribution in [-0.2, 0) is 0 Å². The van der Waals surface area contributed by atoms with Crippen LogP contribution in [0.25, 0.3) is 0 Å². The summed E-state index contributed by atoms with van der Waals surface area (Å²) in [5, 5.41) is 0. The van der Waals surface area contributed by atoms with E-state index < -0.39 is 0 Å². The first-order chi connectivity index (χ1) is 8.60. The van der Waals surface area contributed by atoms with E-state index in [0.29, 0.717) is 6.04 Å². The molecule has 0 aromatic heterocycles. The van der Waals surface area contributed by atoms with Gasteiger partial charge in [0, 0.05) is 19.1 Å². The van der Waals surface area contributed by atoms with Crippen molar-refractivity contribution in [3.63, 3.8) is 0 Å². The van der Waals surface area contributed by atoms with Gasteiger partial charge in [-0.15, -0.1) is 0 Å². The van der Waals surface area contributed by atoms with E-state index in [1.54, 1.807) is 7.11 Å². The highest BCUT2D eigenvalue weighted by atomic mass is 79.9. The molecule has 1 aromatic carbocycles. The molecule has 1 saturated heterocycles. The molecule has 0 aliphatic carbocycles. The van der Waals surface area contributed by atoms with Gasteiger partial charge in [-0.1, -0.05) is 0 Å². The average Bonchev–Trinajstić information content (AvgIpc) is 2.80. The van der Waals surface area contributed by atoms with Crippen LogP contribution in [0.2, 0.25) is 0 Å². The van der Waals surface area contributed by atoms with Gasteiger partial charge in [0.15, 0.2) is 0 Å². The van der Waals surface area contributed by atoms with Crippen LogP contribution in [0.5, 0.6) is 11.5 Å². The molecule has 1 heterocycles. The minimum Gasteiger partial charge on any atom is -0.497 e. The lowest BCUT2D eigenvalue weighted by Gasteiger charge is -2.20. The summed E-state index contributed by atoms with van der Waals surface area (Å²) in [4.78, 5) is 2.45. The zero-order valence-corrected chi connectivity index (χ0v) is 12.7. The Morgan fingerprint density at radius 2 is 2.17 bits per heavy atom. The Hall–Kier alpha value is -0.740. The molecule has 2 rings (SSSR count). The Kier molecular flexibility index (Phi) is 4.51. The van der Waals surface area contributed by atoms with Crippen molar-refractivity contribution in [1.29, 1.82) is 0 Å². The fraction of sp³-hybridized carbons (Fsp3) is 0.571. The maximum atomic E-state index is 6.04. The topological polar surface area (TPSA) is 21.7 Å². The Labute approximate surface area is 117 Å². The van der Waals surface area contributed by atoms with E-state index in [1.807, 2.05) is 18.2 Å². The van der Waals surface area contributed by atoms with Gasteiger partial charge >= 0.3 is 0 Å². The number of methoxy groups -OCH3 is 1. The maximum Gasteiger partial charge on any atom is 0.134 e. The van der Waals surface area contributed by atoms with E-state index in [-0.39, 0.29) is 6.10 Å². The molecule has 18 heavy (non-hydrogen) atoms. The smallest absolute Gasteiger partial charge is 0.134 e. The molecule has 1 aliphatic heterocycles. The highest BCUT2D eigenvalue weighted by Gasteiger charge is 2.25. The number of nitrogens with zero attached hydrogens (tertiary/aromatic N) is 1. The number of benzene rings is 1. The number of hydrogen-bond donors (Lipinski definition) is 0. The maximum absolute atomic E-state index is 6.04. The number of ether oxygens (including phenoxy) is 2. The minimum absolute atomic E-state index is 0.289. The van der Waals surface area contributed by atoms with Gasteiger partial charge in [-0.25, -0.2) is 0 Å². The number of rotatable bonds is 4. The number of hydrogen-bond acceptors (Lipinski definition) is 3. The van der Waals surface area contributed by atoms with Crippen LogP contribution < -0.4 is 9.47 Å². The van der Waals surface area contributed by atoms with Crippen molar-refractivity contribution in [1.82, 2.24) is 4.90 Å². The molecule has 3 nitrogen and oxygen atoms in total. The fourth-order valence-electron chi connectivity index (χ4n) is 2.20. The molecule has 0 saturated carbocycles. The molecule has 1 aromatic rings. The second kappa shape index (κ2) is 5.93. The van der Waals surface area contributed by atoms with Crippen LogP contribution in [0.3, 0.4) is 0 Å². The first-order valence-corrected chi connectivity index (χ1v) is 7.13. The highest BCUT2D eigenvalue weighted by molar-refractivity contribution is 9.10. The number of halogens is 1. The Balaban J connectivity index is 1.98. The van der Waals surface area contributed by atoms with E-state index in [2.05, 4.69) is 34.7 Å². The SMILES string of the molecule is COc1ccc(OC2CCN(C(C)C)C2)c(Br)c1. The first-order valence-electron chi connectivity index (χ1n) is 6.34. The van der Waals surface area contributed by atoms with Crippen molar-refractivity contribution >= 4 is 15.9 Å². The van der Waals surface area contributed by atoms with Crippen molar-refractivity contribution < 1.29 is 9.47 Å². The van der Waals surface area contributed by atoms with Gasteiger partial charge in [0.25, 0.3) is 0 Å².